The predicted octanol–water partition coefficient (Wildman–Crippen LogP) is 2.56. The maximum atomic E-state index is 4.17. The first-order chi connectivity index (χ1) is 8.65. The predicted molar refractivity (Wildman–Crippen MR) is 71.6 cm³/mol. The highest BCUT2D eigenvalue weighted by Crippen LogP contribution is 2.32. The van der Waals surface area contributed by atoms with Crippen LogP contribution in [-0.2, 0) is 12.1 Å². The molecule has 0 aliphatic carbocycles. The number of hydrogen-bond acceptors (Lipinski definition) is 4. The van der Waals surface area contributed by atoms with Crippen LogP contribution in [0.15, 0.2) is 36.8 Å². The standard InChI is InChI=1S/C14H16N4/c1-14(2)12-7-11(4-3-10(12)8-17-14)18-13-5-6-15-9-16-13/h3-7,9,17H,8H2,1-2H3,(H,15,16,18). The van der Waals surface area contributed by atoms with E-state index in [9.17, 15) is 0 Å². The van der Waals surface area contributed by atoms with Crippen LogP contribution in [-0.4, -0.2) is 9.97 Å². The lowest BCUT2D eigenvalue weighted by Gasteiger charge is -2.20. The Kier molecular flexibility index (Phi) is 2.52. The molecule has 1 aromatic heterocycles. The molecule has 0 bridgehead atoms. The van der Waals surface area contributed by atoms with Gasteiger partial charge < -0.3 is 10.6 Å². The molecule has 4 heteroatoms. The molecule has 3 rings (SSSR count). The van der Waals surface area contributed by atoms with Gasteiger partial charge in [-0.05, 0) is 43.2 Å². The molecule has 0 atom stereocenters. The number of aromatic nitrogens is 2. The van der Waals surface area contributed by atoms with E-state index in [1.165, 1.54) is 11.1 Å². The van der Waals surface area contributed by atoms with E-state index in [1.54, 1.807) is 12.5 Å². The van der Waals surface area contributed by atoms with Crippen LogP contribution in [0.1, 0.15) is 25.0 Å². The first-order valence-electron chi connectivity index (χ1n) is 6.07. The monoisotopic (exact) mass is 240 g/mol. The molecule has 18 heavy (non-hydrogen) atoms. The van der Waals surface area contributed by atoms with E-state index >= 15 is 0 Å². The summed E-state index contributed by atoms with van der Waals surface area (Å²) in [4.78, 5) is 8.07. The fourth-order valence-corrected chi connectivity index (χ4v) is 2.31. The number of hydrogen-bond donors (Lipinski definition) is 2. The fourth-order valence-electron chi connectivity index (χ4n) is 2.31. The zero-order valence-corrected chi connectivity index (χ0v) is 10.6. The molecule has 0 saturated carbocycles. The Hall–Kier alpha value is -1.94. The van der Waals surface area contributed by atoms with E-state index in [0.717, 1.165) is 18.1 Å². The van der Waals surface area contributed by atoms with Crippen LogP contribution in [0, 0.1) is 0 Å². The van der Waals surface area contributed by atoms with Gasteiger partial charge in [0.2, 0.25) is 0 Å². The van der Waals surface area contributed by atoms with E-state index in [0.29, 0.717) is 0 Å². The van der Waals surface area contributed by atoms with Crippen molar-refractivity contribution in [3.8, 4) is 0 Å². The largest absolute Gasteiger partial charge is 0.340 e. The lowest BCUT2D eigenvalue weighted by molar-refractivity contribution is 0.443. The van der Waals surface area contributed by atoms with E-state index in [1.807, 2.05) is 6.07 Å². The van der Waals surface area contributed by atoms with E-state index in [4.69, 9.17) is 0 Å². The van der Waals surface area contributed by atoms with Crippen molar-refractivity contribution < 1.29 is 0 Å². The van der Waals surface area contributed by atoms with Crippen molar-refractivity contribution in [2.45, 2.75) is 25.9 Å². The summed E-state index contributed by atoms with van der Waals surface area (Å²) >= 11 is 0. The van der Waals surface area contributed by atoms with Crippen LogP contribution >= 0.6 is 0 Å². The van der Waals surface area contributed by atoms with Crippen molar-refractivity contribution in [1.82, 2.24) is 15.3 Å². The minimum atomic E-state index is 0.0404. The summed E-state index contributed by atoms with van der Waals surface area (Å²) in [6.07, 6.45) is 3.27. The molecule has 0 spiro atoms. The molecule has 1 aromatic carbocycles. The van der Waals surface area contributed by atoms with Crippen molar-refractivity contribution >= 4 is 11.5 Å². The van der Waals surface area contributed by atoms with Crippen molar-refractivity contribution in [3.05, 3.63) is 47.9 Å². The molecule has 0 fully saturated rings. The number of fused-ring (bicyclic) bond motifs is 1. The first kappa shape index (κ1) is 11.2. The minimum Gasteiger partial charge on any atom is -0.340 e. The van der Waals surface area contributed by atoms with Crippen molar-refractivity contribution in [3.63, 3.8) is 0 Å². The van der Waals surface area contributed by atoms with Crippen LogP contribution < -0.4 is 10.6 Å². The molecule has 1 aliphatic heterocycles. The Bertz CT molecular complexity index is 563. The highest BCUT2D eigenvalue weighted by Gasteiger charge is 2.28. The second-order valence-electron chi connectivity index (χ2n) is 5.07. The van der Waals surface area contributed by atoms with E-state index in [-0.39, 0.29) is 5.54 Å². The van der Waals surface area contributed by atoms with Gasteiger partial charge in [0.1, 0.15) is 12.1 Å². The summed E-state index contributed by atoms with van der Waals surface area (Å²) in [7, 11) is 0. The third-order valence-corrected chi connectivity index (χ3v) is 3.36. The summed E-state index contributed by atoms with van der Waals surface area (Å²) in [5, 5.41) is 6.79. The lowest BCUT2D eigenvalue weighted by Crippen LogP contribution is -2.28. The third-order valence-electron chi connectivity index (χ3n) is 3.36. The molecule has 2 aromatic rings. The summed E-state index contributed by atoms with van der Waals surface area (Å²) in [5.41, 5.74) is 3.82. The molecule has 2 heterocycles. The maximum Gasteiger partial charge on any atom is 0.133 e. The SMILES string of the molecule is CC1(C)NCc2ccc(Nc3ccncn3)cc21. The van der Waals surface area contributed by atoms with Gasteiger partial charge in [-0.15, -0.1) is 0 Å². The second kappa shape index (κ2) is 4.07. The Morgan fingerprint density at radius 1 is 1.28 bits per heavy atom. The van der Waals surface area contributed by atoms with Gasteiger partial charge in [-0.2, -0.15) is 0 Å². The van der Waals surface area contributed by atoms with Gasteiger partial charge in [-0.3, -0.25) is 0 Å². The quantitative estimate of drug-likeness (QED) is 0.847. The molecule has 1 aliphatic rings. The molecule has 92 valence electrons. The van der Waals surface area contributed by atoms with Crippen LogP contribution in [0.5, 0.6) is 0 Å². The third kappa shape index (κ3) is 1.95. The van der Waals surface area contributed by atoms with Gasteiger partial charge in [-0.25, -0.2) is 9.97 Å². The van der Waals surface area contributed by atoms with Crippen LogP contribution in [0.4, 0.5) is 11.5 Å². The summed E-state index contributed by atoms with van der Waals surface area (Å²) in [6.45, 7) is 5.34. The average molecular weight is 240 g/mol. The fraction of sp³-hybridized carbons (Fsp3) is 0.286. The Morgan fingerprint density at radius 2 is 2.17 bits per heavy atom. The van der Waals surface area contributed by atoms with Crippen molar-refractivity contribution in [1.29, 1.82) is 0 Å². The van der Waals surface area contributed by atoms with Crippen LogP contribution in [0.2, 0.25) is 0 Å². The normalized spacial score (nSPS) is 16.3. The van der Waals surface area contributed by atoms with E-state index in [2.05, 4.69) is 52.6 Å². The van der Waals surface area contributed by atoms with Gasteiger partial charge in [0, 0.05) is 24.0 Å². The van der Waals surface area contributed by atoms with Crippen LogP contribution in [0.3, 0.4) is 0 Å². The first-order valence-corrected chi connectivity index (χ1v) is 6.07. The van der Waals surface area contributed by atoms with Crippen molar-refractivity contribution in [2.24, 2.45) is 0 Å². The average Bonchev–Trinajstić information content (AvgIpc) is 2.67. The number of rotatable bonds is 2. The zero-order chi connectivity index (χ0) is 12.6. The number of nitrogens with zero attached hydrogens (tertiary/aromatic N) is 2. The maximum absolute atomic E-state index is 4.17. The molecular weight excluding hydrogens is 224 g/mol. The highest BCUT2D eigenvalue weighted by atomic mass is 15.0. The van der Waals surface area contributed by atoms with Gasteiger partial charge >= 0.3 is 0 Å². The topological polar surface area (TPSA) is 49.8 Å². The Balaban J connectivity index is 1.92. The minimum absolute atomic E-state index is 0.0404. The molecule has 0 radical (unpaired) electrons. The highest BCUT2D eigenvalue weighted by molar-refractivity contribution is 5.59. The van der Waals surface area contributed by atoms with Crippen LogP contribution in [0.25, 0.3) is 0 Å². The number of anilines is 2. The molecule has 2 N–H and O–H groups in total. The Labute approximate surface area is 106 Å². The smallest absolute Gasteiger partial charge is 0.133 e. The second-order valence-corrected chi connectivity index (χ2v) is 5.07. The summed E-state index contributed by atoms with van der Waals surface area (Å²) in [5.74, 6) is 0.814. The molecule has 0 saturated heterocycles. The number of benzene rings is 1. The van der Waals surface area contributed by atoms with Gasteiger partial charge in [0.05, 0.1) is 0 Å². The van der Waals surface area contributed by atoms with Gasteiger partial charge in [-0.1, -0.05) is 6.07 Å². The summed E-state index contributed by atoms with van der Waals surface area (Å²) in [6, 6.07) is 8.30. The zero-order valence-electron chi connectivity index (χ0n) is 10.6. The van der Waals surface area contributed by atoms with Crippen molar-refractivity contribution in [2.75, 3.05) is 5.32 Å². The molecule has 4 nitrogen and oxygen atoms in total. The molecule has 0 unspecified atom stereocenters. The van der Waals surface area contributed by atoms with Gasteiger partial charge in [0.15, 0.2) is 0 Å². The molecular formula is C14H16N4. The molecule has 0 amide bonds. The Morgan fingerprint density at radius 3 is 2.94 bits per heavy atom. The van der Waals surface area contributed by atoms with E-state index < -0.39 is 0 Å². The van der Waals surface area contributed by atoms with Gasteiger partial charge in [0.25, 0.3) is 0 Å². The number of nitrogens with one attached hydrogen (secondary N) is 2. The summed E-state index contributed by atoms with van der Waals surface area (Å²) < 4.78 is 0. The lowest BCUT2D eigenvalue weighted by atomic mass is 9.94.